The molecule has 2 aromatic carbocycles. The summed E-state index contributed by atoms with van der Waals surface area (Å²) < 4.78 is 52.5. The number of carbonyl (C=O) groups is 1. The molecule has 1 heterocycles. The van der Waals surface area contributed by atoms with E-state index >= 15 is 0 Å². The smallest absolute Gasteiger partial charge is 0.413 e. The first-order chi connectivity index (χ1) is 12.7. The second-order valence-corrected chi connectivity index (χ2v) is 5.58. The molecule has 27 heavy (non-hydrogen) atoms. The summed E-state index contributed by atoms with van der Waals surface area (Å²) in [4.78, 5) is 29.9. The summed E-state index contributed by atoms with van der Waals surface area (Å²) in [6.45, 7) is 0. The highest BCUT2D eigenvalue weighted by Gasteiger charge is 2.30. The predicted octanol–water partition coefficient (Wildman–Crippen LogP) is 3.47. The lowest BCUT2D eigenvalue weighted by Gasteiger charge is -2.13. The Morgan fingerprint density at radius 1 is 1.11 bits per heavy atom. The van der Waals surface area contributed by atoms with Gasteiger partial charge in [0.05, 0.1) is 10.9 Å². The van der Waals surface area contributed by atoms with Gasteiger partial charge >= 0.3 is 6.18 Å². The summed E-state index contributed by atoms with van der Waals surface area (Å²) in [6.07, 6.45) is -4.57. The normalized spacial score (nSPS) is 11.4. The number of pyridine rings is 1. The van der Waals surface area contributed by atoms with Gasteiger partial charge in [0.25, 0.3) is 11.5 Å². The third-order valence-electron chi connectivity index (χ3n) is 3.80. The quantitative estimate of drug-likeness (QED) is 0.708. The van der Waals surface area contributed by atoms with E-state index in [2.05, 4.69) is 5.32 Å². The van der Waals surface area contributed by atoms with Crippen molar-refractivity contribution in [1.29, 1.82) is 0 Å². The highest BCUT2D eigenvalue weighted by molar-refractivity contribution is 6.05. The van der Waals surface area contributed by atoms with Gasteiger partial charge in [0.15, 0.2) is 0 Å². The molecular formula is C18H12F4N2O3. The van der Waals surface area contributed by atoms with Crippen LogP contribution in [0.4, 0.5) is 23.2 Å². The fourth-order valence-electron chi connectivity index (χ4n) is 2.58. The van der Waals surface area contributed by atoms with Crippen LogP contribution in [0, 0.1) is 5.82 Å². The fraction of sp³-hybridized carbons (Fsp3) is 0.111. The van der Waals surface area contributed by atoms with Crippen LogP contribution in [0.3, 0.4) is 0 Å². The molecule has 0 bridgehead atoms. The lowest BCUT2D eigenvalue weighted by Crippen LogP contribution is -2.32. The first-order valence-corrected chi connectivity index (χ1v) is 7.59. The summed E-state index contributed by atoms with van der Waals surface area (Å²) >= 11 is 0. The lowest BCUT2D eigenvalue weighted by molar-refractivity contribution is -0.137. The van der Waals surface area contributed by atoms with Crippen LogP contribution in [-0.2, 0) is 6.18 Å². The number of hydrogen-bond donors (Lipinski definition) is 1. The number of carbonyl (C=O) groups excluding carboxylic acids is 1. The number of nitrogens with one attached hydrogen (secondary N) is 1. The monoisotopic (exact) mass is 380 g/mol. The van der Waals surface area contributed by atoms with Gasteiger partial charge in [-0.15, -0.1) is 4.73 Å². The van der Waals surface area contributed by atoms with Gasteiger partial charge in [-0.05, 0) is 47.9 Å². The van der Waals surface area contributed by atoms with E-state index in [0.29, 0.717) is 4.73 Å². The first-order valence-electron chi connectivity index (χ1n) is 7.59. The van der Waals surface area contributed by atoms with Crippen LogP contribution >= 0.6 is 0 Å². The van der Waals surface area contributed by atoms with Gasteiger partial charge in [-0.2, -0.15) is 13.2 Å². The molecule has 0 unspecified atom stereocenters. The summed E-state index contributed by atoms with van der Waals surface area (Å²) in [5.74, 6) is -1.50. The zero-order valence-corrected chi connectivity index (χ0v) is 13.8. The highest BCUT2D eigenvalue weighted by Crippen LogP contribution is 2.30. The number of rotatable bonds is 3. The minimum atomic E-state index is -4.57. The van der Waals surface area contributed by atoms with Crippen LogP contribution in [-0.4, -0.2) is 17.7 Å². The largest absolute Gasteiger partial charge is 0.416 e. The number of hydrogen-bond acceptors (Lipinski definition) is 3. The Hall–Kier alpha value is -3.36. The maximum absolute atomic E-state index is 13.4. The molecule has 9 heteroatoms. The Kier molecular flexibility index (Phi) is 4.61. The van der Waals surface area contributed by atoms with Gasteiger partial charge in [0, 0.05) is 5.69 Å². The van der Waals surface area contributed by atoms with Crippen LogP contribution in [0.2, 0.25) is 0 Å². The Labute approximate surface area is 149 Å². The second-order valence-electron chi connectivity index (χ2n) is 5.58. The molecule has 1 N–H and O–H groups in total. The van der Waals surface area contributed by atoms with E-state index in [4.69, 9.17) is 4.84 Å². The summed E-state index contributed by atoms with van der Waals surface area (Å²) in [5.41, 5.74) is -2.06. The predicted molar refractivity (Wildman–Crippen MR) is 90.1 cm³/mol. The molecule has 1 aromatic heterocycles. The van der Waals surface area contributed by atoms with Crippen LogP contribution in [0.15, 0.2) is 53.3 Å². The molecule has 0 saturated carbocycles. The zero-order chi connectivity index (χ0) is 19.8. The Balaban J connectivity index is 2.04. The molecule has 0 radical (unpaired) electrons. The summed E-state index contributed by atoms with van der Waals surface area (Å²) in [6, 6.07) is 8.64. The standard InChI is InChI=1S/C18H12F4N2O3/c1-27-24-15(8-10-7-12(19)5-6-14(10)17(24)26)16(25)23-13-4-2-3-11(9-13)18(20,21)22/h2-9H,1H3,(H,23,25). The molecule has 0 fully saturated rings. The number of alkyl halides is 3. The average molecular weight is 380 g/mol. The van der Waals surface area contributed by atoms with Crippen LogP contribution in [0.25, 0.3) is 10.8 Å². The van der Waals surface area contributed by atoms with E-state index in [1.165, 1.54) is 18.2 Å². The van der Waals surface area contributed by atoms with Gasteiger partial charge in [-0.3, -0.25) is 9.59 Å². The molecule has 0 saturated heterocycles. The lowest BCUT2D eigenvalue weighted by atomic mass is 10.1. The number of fused-ring (bicyclic) bond motifs is 1. The molecule has 0 aliphatic heterocycles. The highest BCUT2D eigenvalue weighted by atomic mass is 19.4. The number of benzene rings is 2. The van der Waals surface area contributed by atoms with Crippen LogP contribution in [0.5, 0.6) is 0 Å². The van der Waals surface area contributed by atoms with E-state index in [1.54, 1.807) is 0 Å². The topological polar surface area (TPSA) is 60.3 Å². The van der Waals surface area contributed by atoms with Crippen molar-refractivity contribution in [3.05, 3.63) is 76.0 Å². The maximum atomic E-state index is 13.4. The summed E-state index contributed by atoms with van der Waals surface area (Å²) in [5, 5.41) is 2.55. The average Bonchev–Trinajstić information content (AvgIpc) is 2.60. The van der Waals surface area contributed by atoms with Crippen molar-refractivity contribution in [2.75, 3.05) is 12.4 Å². The van der Waals surface area contributed by atoms with E-state index in [-0.39, 0.29) is 22.2 Å². The molecule has 1 amide bonds. The van der Waals surface area contributed by atoms with Gasteiger partial charge < -0.3 is 10.2 Å². The maximum Gasteiger partial charge on any atom is 0.416 e. The minimum Gasteiger partial charge on any atom is -0.413 e. The van der Waals surface area contributed by atoms with Crippen molar-refractivity contribution < 1.29 is 27.2 Å². The molecule has 0 spiro atoms. The van der Waals surface area contributed by atoms with Gasteiger partial charge in [-0.1, -0.05) is 6.07 Å². The van der Waals surface area contributed by atoms with E-state index in [0.717, 1.165) is 37.4 Å². The Morgan fingerprint density at radius 3 is 2.52 bits per heavy atom. The number of halogens is 4. The van der Waals surface area contributed by atoms with Crippen molar-refractivity contribution >= 4 is 22.4 Å². The SMILES string of the molecule is COn1c(C(=O)Nc2cccc(C(F)(F)F)c2)cc2cc(F)ccc2c1=O. The van der Waals surface area contributed by atoms with Gasteiger partial charge in [0.2, 0.25) is 0 Å². The molecular weight excluding hydrogens is 368 g/mol. The first kappa shape index (κ1) is 18.4. The van der Waals surface area contributed by atoms with Crippen molar-refractivity contribution in [2.45, 2.75) is 6.18 Å². The van der Waals surface area contributed by atoms with Crippen molar-refractivity contribution in [2.24, 2.45) is 0 Å². The number of amides is 1. The third-order valence-corrected chi connectivity index (χ3v) is 3.80. The second kappa shape index (κ2) is 6.75. The van der Waals surface area contributed by atoms with Crippen molar-refractivity contribution in [3.8, 4) is 0 Å². The molecule has 140 valence electrons. The number of aromatic nitrogens is 1. The fourth-order valence-corrected chi connectivity index (χ4v) is 2.58. The molecule has 0 aliphatic rings. The van der Waals surface area contributed by atoms with Crippen LogP contribution < -0.4 is 15.7 Å². The summed E-state index contributed by atoms with van der Waals surface area (Å²) in [7, 11) is 1.15. The molecule has 3 aromatic rings. The van der Waals surface area contributed by atoms with E-state index < -0.39 is 29.0 Å². The van der Waals surface area contributed by atoms with E-state index in [9.17, 15) is 27.2 Å². The van der Waals surface area contributed by atoms with Crippen molar-refractivity contribution in [1.82, 2.24) is 4.73 Å². The van der Waals surface area contributed by atoms with Gasteiger partial charge in [-0.25, -0.2) is 4.39 Å². The Morgan fingerprint density at radius 2 is 1.85 bits per heavy atom. The minimum absolute atomic E-state index is 0.119. The van der Waals surface area contributed by atoms with E-state index in [1.807, 2.05) is 0 Å². The van der Waals surface area contributed by atoms with Gasteiger partial charge in [0.1, 0.15) is 18.6 Å². The van der Waals surface area contributed by atoms with Crippen molar-refractivity contribution in [3.63, 3.8) is 0 Å². The van der Waals surface area contributed by atoms with Crippen LogP contribution in [0.1, 0.15) is 16.1 Å². The molecule has 0 aliphatic carbocycles. The molecule has 3 rings (SSSR count). The molecule has 5 nitrogen and oxygen atoms in total. The number of anilines is 1. The molecule has 0 atom stereocenters. The Bertz CT molecular complexity index is 1090. The third kappa shape index (κ3) is 3.62. The zero-order valence-electron chi connectivity index (χ0n) is 13.8. The number of nitrogens with zero attached hydrogens (tertiary/aromatic N) is 1.